The monoisotopic (exact) mass is 347 g/mol. The molecular weight excluding hydrogens is 330 g/mol. The fourth-order valence-corrected chi connectivity index (χ4v) is 2.28. The third-order valence-corrected chi connectivity index (χ3v) is 4.04. The number of benzene rings is 2. The Morgan fingerprint density at radius 3 is 2.52 bits per heavy atom. The molecule has 0 aliphatic heterocycles. The summed E-state index contributed by atoms with van der Waals surface area (Å²) >= 11 is 3.45. The lowest BCUT2D eigenvalue weighted by Gasteiger charge is -2.10. The average molecular weight is 348 g/mol. The highest BCUT2D eigenvalue weighted by Crippen LogP contribution is 2.22. The summed E-state index contributed by atoms with van der Waals surface area (Å²) in [5, 5.41) is 2.90. The molecule has 2 aromatic carbocycles. The van der Waals surface area contributed by atoms with Crippen molar-refractivity contribution in [3.05, 3.63) is 57.6 Å². The molecule has 0 unspecified atom stereocenters. The molecule has 21 heavy (non-hydrogen) atoms. The van der Waals surface area contributed by atoms with Crippen LogP contribution in [0.4, 0.5) is 5.69 Å². The van der Waals surface area contributed by atoms with Crippen LogP contribution in [0.15, 0.2) is 40.9 Å². The highest BCUT2D eigenvalue weighted by Gasteiger charge is 2.09. The van der Waals surface area contributed by atoms with Crippen LogP contribution in [0.3, 0.4) is 0 Å². The van der Waals surface area contributed by atoms with Crippen molar-refractivity contribution < 1.29 is 9.53 Å². The van der Waals surface area contributed by atoms with Gasteiger partial charge in [0.1, 0.15) is 5.75 Å². The molecule has 0 saturated carbocycles. The zero-order valence-electron chi connectivity index (χ0n) is 12.4. The number of nitrogens with one attached hydrogen (secondary N) is 1. The maximum atomic E-state index is 12.3. The van der Waals surface area contributed by atoms with Crippen molar-refractivity contribution in [2.45, 2.75) is 20.8 Å². The topological polar surface area (TPSA) is 38.3 Å². The number of rotatable bonds is 4. The molecule has 3 nitrogen and oxygen atoms in total. The number of amides is 1. The number of halogens is 1. The molecule has 110 valence electrons. The van der Waals surface area contributed by atoms with E-state index in [1.807, 2.05) is 51.1 Å². The van der Waals surface area contributed by atoms with Gasteiger partial charge in [-0.1, -0.05) is 15.9 Å². The summed E-state index contributed by atoms with van der Waals surface area (Å²) in [6.45, 7) is 6.48. The highest BCUT2D eigenvalue weighted by molar-refractivity contribution is 9.10. The number of hydrogen-bond donors (Lipinski definition) is 1. The van der Waals surface area contributed by atoms with Crippen LogP contribution < -0.4 is 10.1 Å². The van der Waals surface area contributed by atoms with E-state index in [4.69, 9.17) is 4.74 Å². The van der Waals surface area contributed by atoms with Crippen LogP contribution in [0.25, 0.3) is 0 Å². The number of anilines is 1. The van der Waals surface area contributed by atoms with Gasteiger partial charge in [0.15, 0.2) is 0 Å². The van der Waals surface area contributed by atoms with Gasteiger partial charge in [-0.05, 0) is 68.3 Å². The van der Waals surface area contributed by atoms with Crippen LogP contribution in [-0.2, 0) is 0 Å². The van der Waals surface area contributed by atoms with Crippen LogP contribution in [0.2, 0.25) is 0 Å². The molecule has 1 N–H and O–H groups in total. The van der Waals surface area contributed by atoms with E-state index in [9.17, 15) is 4.79 Å². The third kappa shape index (κ3) is 3.85. The lowest BCUT2D eigenvalue weighted by atomic mass is 10.1. The first kappa shape index (κ1) is 15.6. The van der Waals surface area contributed by atoms with Crippen molar-refractivity contribution in [2.75, 3.05) is 11.9 Å². The minimum atomic E-state index is -0.122. The number of ether oxygens (including phenoxy) is 1. The minimum Gasteiger partial charge on any atom is -0.494 e. The predicted molar refractivity (Wildman–Crippen MR) is 89.2 cm³/mol. The molecule has 2 rings (SSSR count). The van der Waals surface area contributed by atoms with E-state index in [1.165, 1.54) is 0 Å². The summed E-state index contributed by atoms with van der Waals surface area (Å²) in [6, 6.07) is 11.2. The first-order valence-electron chi connectivity index (χ1n) is 6.82. The lowest BCUT2D eigenvalue weighted by molar-refractivity contribution is 0.102. The summed E-state index contributed by atoms with van der Waals surface area (Å²) in [4.78, 5) is 12.3. The van der Waals surface area contributed by atoms with Gasteiger partial charge in [0, 0.05) is 15.7 Å². The van der Waals surface area contributed by atoms with Gasteiger partial charge < -0.3 is 10.1 Å². The summed E-state index contributed by atoms with van der Waals surface area (Å²) in [5.74, 6) is 0.691. The Morgan fingerprint density at radius 1 is 1.14 bits per heavy atom. The van der Waals surface area contributed by atoms with E-state index in [0.29, 0.717) is 12.2 Å². The van der Waals surface area contributed by atoms with Crippen LogP contribution in [0, 0.1) is 13.8 Å². The fraction of sp³-hybridized carbons (Fsp3) is 0.235. The standard InChI is InChI=1S/C17H18BrNO2/c1-4-21-16-8-5-13(9-12(16)3)17(20)19-14-6-7-15(18)11(2)10-14/h5-10H,4H2,1-3H3,(H,19,20). The molecule has 0 aliphatic rings. The van der Waals surface area contributed by atoms with Crippen LogP contribution in [0.1, 0.15) is 28.4 Å². The van der Waals surface area contributed by atoms with E-state index in [0.717, 1.165) is 27.0 Å². The van der Waals surface area contributed by atoms with E-state index in [2.05, 4.69) is 21.2 Å². The van der Waals surface area contributed by atoms with Crippen molar-refractivity contribution in [3.63, 3.8) is 0 Å². The number of hydrogen-bond acceptors (Lipinski definition) is 2. The van der Waals surface area contributed by atoms with Crippen molar-refractivity contribution >= 4 is 27.5 Å². The quantitative estimate of drug-likeness (QED) is 0.868. The van der Waals surface area contributed by atoms with Gasteiger partial charge >= 0.3 is 0 Å². The summed E-state index contributed by atoms with van der Waals surface area (Å²) in [7, 11) is 0. The van der Waals surface area contributed by atoms with Crippen molar-refractivity contribution in [2.24, 2.45) is 0 Å². The second kappa shape index (κ2) is 6.76. The van der Waals surface area contributed by atoms with Gasteiger partial charge in [-0.25, -0.2) is 0 Å². The van der Waals surface area contributed by atoms with Gasteiger partial charge in [0.05, 0.1) is 6.61 Å². The zero-order chi connectivity index (χ0) is 15.4. The van der Waals surface area contributed by atoms with Gasteiger partial charge in [-0.3, -0.25) is 4.79 Å². The first-order chi connectivity index (χ1) is 10.0. The molecule has 0 aromatic heterocycles. The molecule has 0 heterocycles. The fourth-order valence-electron chi connectivity index (χ4n) is 2.03. The van der Waals surface area contributed by atoms with Crippen LogP contribution in [-0.4, -0.2) is 12.5 Å². The van der Waals surface area contributed by atoms with Crippen molar-refractivity contribution in [1.82, 2.24) is 0 Å². The molecule has 1 amide bonds. The second-order valence-electron chi connectivity index (χ2n) is 4.83. The Bertz CT molecular complexity index is 668. The molecular formula is C17H18BrNO2. The maximum Gasteiger partial charge on any atom is 0.255 e. The Balaban J connectivity index is 2.16. The molecule has 0 saturated heterocycles. The first-order valence-corrected chi connectivity index (χ1v) is 7.61. The summed E-state index contributed by atoms with van der Waals surface area (Å²) < 4.78 is 6.51. The number of aryl methyl sites for hydroxylation is 2. The van der Waals surface area contributed by atoms with Crippen LogP contribution in [0.5, 0.6) is 5.75 Å². The van der Waals surface area contributed by atoms with E-state index >= 15 is 0 Å². The lowest BCUT2D eigenvalue weighted by Crippen LogP contribution is -2.12. The molecule has 0 atom stereocenters. The second-order valence-corrected chi connectivity index (χ2v) is 5.69. The van der Waals surface area contributed by atoms with Crippen molar-refractivity contribution in [1.29, 1.82) is 0 Å². The van der Waals surface area contributed by atoms with Crippen LogP contribution >= 0.6 is 15.9 Å². The Kier molecular flexibility index (Phi) is 5.02. The average Bonchev–Trinajstić information content (AvgIpc) is 2.45. The molecule has 0 radical (unpaired) electrons. The Morgan fingerprint density at radius 2 is 1.90 bits per heavy atom. The molecule has 2 aromatic rings. The van der Waals surface area contributed by atoms with Gasteiger partial charge in [-0.2, -0.15) is 0 Å². The summed E-state index contributed by atoms with van der Waals surface area (Å²) in [5.41, 5.74) is 3.44. The molecule has 0 spiro atoms. The Labute approximate surface area is 133 Å². The third-order valence-electron chi connectivity index (χ3n) is 3.15. The largest absolute Gasteiger partial charge is 0.494 e. The SMILES string of the molecule is CCOc1ccc(C(=O)Nc2ccc(Br)c(C)c2)cc1C. The molecule has 0 aliphatic carbocycles. The zero-order valence-corrected chi connectivity index (χ0v) is 14.0. The minimum absolute atomic E-state index is 0.122. The van der Waals surface area contributed by atoms with E-state index in [-0.39, 0.29) is 5.91 Å². The van der Waals surface area contributed by atoms with Crippen molar-refractivity contribution in [3.8, 4) is 5.75 Å². The van der Waals surface area contributed by atoms with Gasteiger partial charge in [0.2, 0.25) is 0 Å². The normalized spacial score (nSPS) is 10.3. The van der Waals surface area contributed by atoms with E-state index in [1.54, 1.807) is 6.07 Å². The molecule has 0 bridgehead atoms. The highest BCUT2D eigenvalue weighted by atomic mass is 79.9. The van der Waals surface area contributed by atoms with Gasteiger partial charge in [0.25, 0.3) is 5.91 Å². The Hall–Kier alpha value is -1.81. The molecule has 0 fully saturated rings. The van der Waals surface area contributed by atoms with Gasteiger partial charge in [-0.15, -0.1) is 0 Å². The van der Waals surface area contributed by atoms with E-state index < -0.39 is 0 Å². The molecule has 4 heteroatoms. The maximum absolute atomic E-state index is 12.3. The predicted octanol–water partition coefficient (Wildman–Crippen LogP) is 4.72. The summed E-state index contributed by atoms with van der Waals surface area (Å²) in [6.07, 6.45) is 0. The smallest absolute Gasteiger partial charge is 0.255 e. The number of carbonyl (C=O) groups excluding carboxylic acids is 1. The number of carbonyl (C=O) groups is 1.